The van der Waals surface area contributed by atoms with Crippen LogP contribution < -0.4 is 0 Å². The Kier molecular flexibility index (Phi) is 2.09. The maximum Gasteiger partial charge on any atom is 0.335 e. The van der Waals surface area contributed by atoms with Gasteiger partial charge in [0.2, 0.25) is 0 Å². The summed E-state index contributed by atoms with van der Waals surface area (Å²) in [5.41, 5.74) is -0.161. The third kappa shape index (κ3) is 1.38. The summed E-state index contributed by atoms with van der Waals surface area (Å²) in [5, 5.41) is 37.5. The maximum atomic E-state index is 10.7. The quantitative estimate of drug-likeness (QED) is 0.548. The number of benzene rings is 2. The van der Waals surface area contributed by atoms with E-state index in [4.69, 9.17) is 5.11 Å². The largest absolute Gasteiger partial charge is 0.507 e. The van der Waals surface area contributed by atoms with E-state index < -0.39 is 5.97 Å². The molecular formula is C11H8O5. The van der Waals surface area contributed by atoms with Gasteiger partial charge in [-0.2, -0.15) is 0 Å². The van der Waals surface area contributed by atoms with Crippen LogP contribution in [0.15, 0.2) is 24.3 Å². The molecule has 0 aromatic heterocycles. The summed E-state index contributed by atoms with van der Waals surface area (Å²) in [4.78, 5) is 10.7. The fraction of sp³-hybridized carbons (Fsp3) is 0. The Morgan fingerprint density at radius 1 is 0.938 bits per heavy atom. The summed E-state index contributed by atoms with van der Waals surface area (Å²) in [6.45, 7) is 0. The number of aromatic hydroxyl groups is 3. The van der Waals surface area contributed by atoms with E-state index in [2.05, 4.69) is 0 Å². The number of phenolic OH excluding ortho intramolecular Hbond substituents is 3. The number of hydrogen-bond donors (Lipinski definition) is 4. The molecule has 2 rings (SSSR count). The molecule has 0 heterocycles. The van der Waals surface area contributed by atoms with E-state index >= 15 is 0 Å². The Morgan fingerprint density at radius 2 is 1.56 bits per heavy atom. The molecule has 0 unspecified atom stereocenters. The Labute approximate surface area is 89.8 Å². The number of phenols is 3. The summed E-state index contributed by atoms with van der Waals surface area (Å²) in [5.74, 6) is -2.03. The standard InChI is InChI=1S/C11H8O5/c12-7-1-2-8(13)10-6(7)3-5(11(15)16)4-9(10)14/h1-4,12-14H,(H,15,16). The van der Waals surface area contributed by atoms with Gasteiger partial charge in [-0.1, -0.05) is 0 Å². The van der Waals surface area contributed by atoms with Crippen LogP contribution in [-0.4, -0.2) is 26.4 Å². The van der Waals surface area contributed by atoms with Crippen molar-refractivity contribution in [2.24, 2.45) is 0 Å². The van der Waals surface area contributed by atoms with Crippen LogP contribution in [0.5, 0.6) is 17.2 Å². The second kappa shape index (κ2) is 3.30. The third-order valence-electron chi connectivity index (χ3n) is 2.30. The van der Waals surface area contributed by atoms with E-state index in [1.807, 2.05) is 0 Å². The van der Waals surface area contributed by atoms with Crippen LogP contribution in [0.25, 0.3) is 10.8 Å². The zero-order chi connectivity index (χ0) is 11.9. The first-order valence-electron chi connectivity index (χ1n) is 4.41. The van der Waals surface area contributed by atoms with Crippen molar-refractivity contribution in [3.8, 4) is 17.2 Å². The second-order valence-electron chi connectivity index (χ2n) is 3.33. The molecule has 16 heavy (non-hydrogen) atoms. The van der Waals surface area contributed by atoms with Gasteiger partial charge in [-0.25, -0.2) is 4.79 Å². The molecule has 5 nitrogen and oxygen atoms in total. The van der Waals surface area contributed by atoms with Crippen LogP contribution in [0.3, 0.4) is 0 Å². The fourth-order valence-corrected chi connectivity index (χ4v) is 1.55. The molecule has 0 radical (unpaired) electrons. The average molecular weight is 220 g/mol. The summed E-state index contributed by atoms with van der Waals surface area (Å²) in [7, 11) is 0. The van der Waals surface area contributed by atoms with Crippen molar-refractivity contribution in [2.75, 3.05) is 0 Å². The summed E-state index contributed by atoms with van der Waals surface area (Å²) < 4.78 is 0. The van der Waals surface area contributed by atoms with Crippen LogP contribution in [-0.2, 0) is 0 Å². The number of fused-ring (bicyclic) bond motifs is 1. The van der Waals surface area contributed by atoms with Gasteiger partial charge < -0.3 is 20.4 Å². The number of hydrogen-bond acceptors (Lipinski definition) is 4. The summed E-state index contributed by atoms with van der Waals surface area (Å²) in [6.07, 6.45) is 0. The average Bonchev–Trinajstić information content (AvgIpc) is 2.22. The molecule has 0 bridgehead atoms. The molecule has 0 aliphatic rings. The van der Waals surface area contributed by atoms with Crippen molar-refractivity contribution < 1.29 is 25.2 Å². The Balaban J connectivity index is 2.92. The molecule has 0 aliphatic heterocycles. The van der Waals surface area contributed by atoms with Crippen molar-refractivity contribution >= 4 is 16.7 Å². The normalized spacial score (nSPS) is 10.5. The van der Waals surface area contributed by atoms with Crippen LogP contribution in [0, 0.1) is 0 Å². The molecule has 4 N–H and O–H groups in total. The molecule has 2 aromatic carbocycles. The zero-order valence-corrected chi connectivity index (χ0v) is 8.01. The van der Waals surface area contributed by atoms with Crippen LogP contribution in [0.2, 0.25) is 0 Å². The Hall–Kier alpha value is -2.43. The molecule has 0 fully saturated rings. The lowest BCUT2D eigenvalue weighted by Crippen LogP contribution is -1.95. The Morgan fingerprint density at radius 3 is 2.19 bits per heavy atom. The summed E-state index contributed by atoms with van der Waals surface area (Å²) >= 11 is 0. The first-order valence-corrected chi connectivity index (χ1v) is 4.41. The van der Waals surface area contributed by atoms with Gasteiger partial charge in [-0.05, 0) is 24.3 Å². The molecule has 5 heteroatoms. The lowest BCUT2D eigenvalue weighted by atomic mass is 10.0. The highest BCUT2D eigenvalue weighted by Gasteiger charge is 2.13. The smallest absolute Gasteiger partial charge is 0.335 e. The predicted molar refractivity (Wildman–Crippen MR) is 55.9 cm³/mol. The number of aromatic carboxylic acids is 1. The number of carboxylic acid groups (broad SMARTS) is 1. The van der Waals surface area contributed by atoms with E-state index in [-0.39, 0.29) is 33.6 Å². The number of carbonyl (C=O) groups is 1. The zero-order valence-electron chi connectivity index (χ0n) is 8.01. The van der Waals surface area contributed by atoms with E-state index in [1.165, 1.54) is 18.2 Å². The van der Waals surface area contributed by atoms with Crippen LogP contribution in [0.4, 0.5) is 0 Å². The maximum absolute atomic E-state index is 10.7. The molecule has 0 spiro atoms. The molecule has 0 amide bonds. The lowest BCUT2D eigenvalue weighted by Gasteiger charge is -2.06. The van der Waals surface area contributed by atoms with Gasteiger partial charge in [-0.15, -0.1) is 0 Å². The molecular weight excluding hydrogens is 212 g/mol. The number of rotatable bonds is 1. The van der Waals surface area contributed by atoms with Crippen molar-refractivity contribution in [3.05, 3.63) is 29.8 Å². The second-order valence-corrected chi connectivity index (χ2v) is 3.33. The monoisotopic (exact) mass is 220 g/mol. The molecule has 0 atom stereocenters. The van der Waals surface area contributed by atoms with E-state index in [0.29, 0.717) is 0 Å². The summed E-state index contributed by atoms with van der Waals surface area (Å²) in [6, 6.07) is 4.65. The van der Waals surface area contributed by atoms with Gasteiger partial charge in [0.1, 0.15) is 17.2 Å². The van der Waals surface area contributed by atoms with Crippen LogP contribution >= 0.6 is 0 Å². The fourth-order valence-electron chi connectivity index (χ4n) is 1.55. The minimum atomic E-state index is -1.22. The first-order chi connectivity index (χ1) is 7.50. The van der Waals surface area contributed by atoms with Gasteiger partial charge in [-0.3, -0.25) is 0 Å². The highest BCUT2D eigenvalue weighted by Crippen LogP contribution is 2.38. The third-order valence-corrected chi connectivity index (χ3v) is 2.30. The van der Waals surface area contributed by atoms with Crippen molar-refractivity contribution in [3.63, 3.8) is 0 Å². The van der Waals surface area contributed by atoms with Gasteiger partial charge in [0, 0.05) is 5.39 Å². The van der Waals surface area contributed by atoms with E-state index in [9.17, 15) is 20.1 Å². The Bertz CT molecular complexity index is 588. The van der Waals surface area contributed by atoms with E-state index in [0.717, 1.165) is 6.07 Å². The molecule has 2 aromatic rings. The minimum Gasteiger partial charge on any atom is -0.507 e. The van der Waals surface area contributed by atoms with Crippen LogP contribution in [0.1, 0.15) is 10.4 Å². The number of carboxylic acids is 1. The van der Waals surface area contributed by atoms with Crippen molar-refractivity contribution in [2.45, 2.75) is 0 Å². The van der Waals surface area contributed by atoms with Gasteiger partial charge >= 0.3 is 5.97 Å². The lowest BCUT2D eigenvalue weighted by molar-refractivity contribution is 0.0696. The SMILES string of the molecule is O=C(O)c1cc(O)c2c(O)ccc(O)c2c1. The molecule has 0 saturated carbocycles. The predicted octanol–water partition coefficient (Wildman–Crippen LogP) is 1.65. The van der Waals surface area contributed by atoms with E-state index in [1.54, 1.807) is 0 Å². The molecule has 0 aliphatic carbocycles. The van der Waals surface area contributed by atoms with Crippen molar-refractivity contribution in [1.29, 1.82) is 0 Å². The van der Waals surface area contributed by atoms with Gasteiger partial charge in [0.15, 0.2) is 0 Å². The highest BCUT2D eigenvalue weighted by atomic mass is 16.4. The molecule has 82 valence electrons. The first kappa shape index (κ1) is 10.1. The van der Waals surface area contributed by atoms with Gasteiger partial charge in [0.05, 0.1) is 10.9 Å². The minimum absolute atomic E-state index is 0.0324. The topological polar surface area (TPSA) is 98.0 Å². The molecule has 0 saturated heterocycles. The van der Waals surface area contributed by atoms with Crippen molar-refractivity contribution in [1.82, 2.24) is 0 Å². The highest BCUT2D eigenvalue weighted by molar-refractivity contribution is 6.02. The van der Waals surface area contributed by atoms with Gasteiger partial charge in [0.25, 0.3) is 0 Å².